The minimum absolute atomic E-state index is 0.158. The van der Waals surface area contributed by atoms with Gasteiger partial charge in [-0.25, -0.2) is 4.79 Å². The largest absolute Gasteiger partial charge is 0.481 e. The lowest BCUT2D eigenvalue weighted by molar-refractivity contribution is -0.152. The Balaban J connectivity index is 2.13. The van der Waals surface area contributed by atoms with Crippen molar-refractivity contribution in [2.45, 2.75) is 31.4 Å². The highest BCUT2D eigenvalue weighted by Crippen LogP contribution is 2.23. The third kappa shape index (κ3) is 6.89. The fourth-order valence-electron chi connectivity index (χ4n) is 2.78. The van der Waals surface area contributed by atoms with Gasteiger partial charge >= 0.3 is 11.9 Å². The topological polar surface area (TPSA) is 113 Å². The molecular weight excluding hydrogens is 398 g/mol. The van der Waals surface area contributed by atoms with Gasteiger partial charge in [-0.05, 0) is 35.2 Å². The number of methoxy groups -OCH3 is 1. The molecule has 0 fully saturated rings. The van der Waals surface area contributed by atoms with E-state index < -0.39 is 30.0 Å². The SMILES string of the molecule is COC(=O)[C@H](O)[C@@H](Cc1ccc(-c2cccc(Cl)c2)cc1)NC(=O)CCC(=O)O. The quantitative estimate of drug-likeness (QED) is 0.538. The molecular formula is C21H22ClNO6. The van der Waals surface area contributed by atoms with Gasteiger partial charge in [0.25, 0.3) is 0 Å². The molecule has 0 unspecified atom stereocenters. The zero-order valence-electron chi connectivity index (χ0n) is 15.8. The van der Waals surface area contributed by atoms with E-state index in [-0.39, 0.29) is 19.3 Å². The van der Waals surface area contributed by atoms with E-state index in [2.05, 4.69) is 10.1 Å². The molecule has 7 nitrogen and oxygen atoms in total. The minimum Gasteiger partial charge on any atom is -0.481 e. The molecule has 154 valence electrons. The molecule has 0 aliphatic rings. The average molecular weight is 420 g/mol. The van der Waals surface area contributed by atoms with Crippen LogP contribution in [0, 0.1) is 0 Å². The Labute approximate surface area is 173 Å². The third-order valence-corrected chi connectivity index (χ3v) is 4.54. The van der Waals surface area contributed by atoms with Crippen LogP contribution in [0.1, 0.15) is 18.4 Å². The molecule has 0 bridgehead atoms. The van der Waals surface area contributed by atoms with Crippen LogP contribution in [0.2, 0.25) is 5.02 Å². The summed E-state index contributed by atoms with van der Waals surface area (Å²) >= 11 is 6.02. The molecule has 2 rings (SSSR count). The Morgan fingerprint density at radius 3 is 2.34 bits per heavy atom. The Kier molecular flexibility index (Phi) is 8.18. The van der Waals surface area contributed by atoms with E-state index >= 15 is 0 Å². The number of hydrogen-bond donors (Lipinski definition) is 3. The predicted molar refractivity (Wildman–Crippen MR) is 107 cm³/mol. The molecule has 8 heteroatoms. The third-order valence-electron chi connectivity index (χ3n) is 4.30. The number of benzene rings is 2. The molecule has 0 saturated carbocycles. The average Bonchev–Trinajstić information content (AvgIpc) is 2.71. The number of aliphatic hydroxyl groups excluding tert-OH is 1. The van der Waals surface area contributed by atoms with Crippen LogP contribution in [0.25, 0.3) is 11.1 Å². The number of carboxylic acids is 1. The van der Waals surface area contributed by atoms with Gasteiger partial charge in [0.1, 0.15) is 0 Å². The van der Waals surface area contributed by atoms with E-state index in [0.717, 1.165) is 23.8 Å². The molecule has 2 atom stereocenters. The molecule has 0 aliphatic carbocycles. The van der Waals surface area contributed by atoms with Gasteiger partial charge < -0.3 is 20.3 Å². The highest BCUT2D eigenvalue weighted by atomic mass is 35.5. The van der Waals surface area contributed by atoms with Gasteiger partial charge in [0.2, 0.25) is 5.91 Å². The van der Waals surface area contributed by atoms with Crippen molar-refractivity contribution in [2.75, 3.05) is 7.11 Å². The summed E-state index contributed by atoms with van der Waals surface area (Å²) in [7, 11) is 1.13. The van der Waals surface area contributed by atoms with Crippen molar-refractivity contribution >= 4 is 29.4 Å². The number of aliphatic hydroxyl groups is 1. The lowest BCUT2D eigenvalue weighted by atomic mass is 9.98. The number of carbonyl (C=O) groups is 3. The molecule has 1 amide bonds. The Morgan fingerprint density at radius 1 is 1.07 bits per heavy atom. The van der Waals surface area contributed by atoms with Crippen LogP contribution in [-0.2, 0) is 25.5 Å². The van der Waals surface area contributed by atoms with Crippen LogP contribution >= 0.6 is 11.6 Å². The zero-order valence-corrected chi connectivity index (χ0v) is 16.6. The van der Waals surface area contributed by atoms with Gasteiger partial charge in [0, 0.05) is 11.4 Å². The van der Waals surface area contributed by atoms with Crippen molar-refractivity contribution in [1.82, 2.24) is 5.32 Å². The second-order valence-electron chi connectivity index (χ2n) is 6.45. The molecule has 0 heterocycles. The number of esters is 1. The van der Waals surface area contributed by atoms with E-state index in [1.54, 1.807) is 6.07 Å². The number of ether oxygens (including phenoxy) is 1. The second kappa shape index (κ2) is 10.6. The number of hydrogen-bond acceptors (Lipinski definition) is 5. The van der Waals surface area contributed by atoms with Crippen molar-refractivity contribution in [2.24, 2.45) is 0 Å². The summed E-state index contributed by atoms with van der Waals surface area (Å²) in [5.41, 5.74) is 2.64. The molecule has 0 saturated heterocycles. The fourth-order valence-corrected chi connectivity index (χ4v) is 2.97. The standard InChI is InChI=1S/C21H22ClNO6/c1-29-21(28)20(27)17(23-18(24)9-10-19(25)26)11-13-5-7-14(8-6-13)15-3-2-4-16(22)12-15/h2-8,12,17,20,27H,9-11H2,1H3,(H,23,24)(H,25,26)/t17-,20-/m1/s1. The highest BCUT2D eigenvalue weighted by molar-refractivity contribution is 6.30. The molecule has 29 heavy (non-hydrogen) atoms. The molecule has 0 aromatic heterocycles. The van der Waals surface area contributed by atoms with Crippen molar-refractivity contribution in [3.63, 3.8) is 0 Å². The maximum Gasteiger partial charge on any atom is 0.336 e. The molecule has 0 radical (unpaired) electrons. The van der Waals surface area contributed by atoms with E-state index in [1.807, 2.05) is 42.5 Å². The van der Waals surface area contributed by atoms with E-state index in [4.69, 9.17) is 16.7 Å². The van der Waals surface area contributed by atoms with Gasteiger partial charge in [-0.1, -0.05) is 48.0 Å². The summed E-state index contributed by atoms with van der Waals surface area (Å²) in [6, 6.07) is 13.8. The molecule has 2 aromatic carbocycles. The normalized spacial score (nSPS) is 12.7. The summed E-state index contributed by atoms with van der Waals surface area (Å²) in [4.78, 5) is 34.3. The van der Waals surface area contributed by atoms with E-state index in [9.17, 15) is 19.5 Å². The number of carboxylic acid groups (broad SMARTS) is 1. The van der Waals surface area contributed by atoms with Crippen LogP contribution in [0.15, 0.2) is 48.5 Å². The first-order chi connectivity index (χ1) is 13.8. The Morgan fingerprint density at radius 2 is 1.76 bits per heavy atom. The van der Waals surface area contributed by atoms with E-state index in [1.165, 1.54) is 0 Å². The maximum atomic E-state index is 12.0. The first-order valence-electron chi connectivity index (χ1n) is 8.92. The minimum atomic E-state index is -1.58. The van der Waals surface area contributed by atoms with Crippen LogP contribution in [0.5, 0.6) is 0 Å². The van der Waals surface area contributed by atoms with Crippen LogP contribution < -0.4 is 5.32 Å². The van der Waals surface area contributed by atoms with Crippen LogP contribution in [0.3, 0.4) is 0 Å². The van der Waals surface area contributed by atoms with Gasteiger partial charge in [-0.2, -0.15) is 0 Å². The summed E-state index contributed by atoms with van der Waals surface area (Å²) in [5, 5.41) is 22.0. The maximum absolute atomic E-state index is 12.0. The molecule has 3 N–H and O–H groups in total. The van der Waals surface area contributed by atoms with Crippen molar-refractivity contribution in [3.05, 3.63) is 59.1 Å². The number of aliphatic carboxylic acids is 1. The summed E-state index contributed by atoms with van der Waals surface area (Å²) in [5.74, 6) is -2.57. The number of carbonyl (C=O) groups excluding carboxylic acids is 2. The lowest BCUT2D eigenvalue weighted by Gasteiger charge is -2.22. The number of amides is 1. The number of nitrogens with one attached hydrogen (secondary N) is 1. The van der Waals surface area contributed by atoms with Crippen LogP contribution in [0.4, 0.5) is 0 Å². The summed E-state index contributed by atoms with van der Waals surface area (Å²) in [6.45, 7) is 0. The fraction of sp³-hybridized carbons (Fsp3) is 0.286. The summed E-state index contributed by atoms with van der Waals surface area (Å²) in [6.07, 6.45) is -2.03. The van der Waals surface area contributed by atoms with Gasteiger partial charge in [-0.3, -0.25) is 9.59 Å². The highest BCUT2D eigenvalue weighted by Gasteiger charge is 2.28. The smallest absolute Gasteiger partial charge is 0.336 e. The van der Waals surface area contributed by atoms with Crippen molar-refractivity contribution in [3.8, 4) is 11.1 Å². The Bertz CT molecular complexity index is 868. The number of halogens is 1. The first kappa shape index (κ1) is 22.4. The van der Waals surface area contributed by atoms with Gasteiger partial charge in [0.05, 0.1) is 19.6 Å². The van der Waals surface area contributed by atoms with Crippen molar-refractivity contribution in [1.29, 1.82) is 0 Å². The monoisotopic (exact) mass is 419 g/mol. The number of rotatable bonds is 9. The van der Waals surface area contributed by atoms with Gasteiger partial charge in [0.15, 0.2) is 6.10 Å². The lowest BCUT2D eigenvalue weighted by Crippen LogP contribution is -2.48. The second-order valence-corrected chi connectivity index (χ2v) is 6.88. The Hall–Kier alpha value is -2.90. The molecule has 0 spiro atoms. The molecule has 0 aliphatic heterocycles. The van der Waals surface area contributed by atoms with Gasteiger partial charge in [-0.15, -0.1) is 0 Å². The van der Waals surface area contributed by atoms with E-state index in [0.29, 0.717) is 5.02 Å². The van der Waals surface area contributed by atoms with Crippen LogP contribution in [-0.4, -0.2) is 47.3 Å². The summed E-state index contributed by atoms with van der Waals surface area (Å²) < 4.78 is 4.55. The van der Waals surface area contributed by atoms with Crippen molar-refractivity contribution < 1.29 is 29.3 Å². The molecule has 2 aromatic rings. The first-order valence-corrected chi connectivity index (χ1v) is 9.30. The zero-order chi connectivity index (χ0) is 21.4. The predicted octanol–water partition coefficient (Wildman–Crippen LogP) is 2.43.